The molecule has 0 aromatic carbocycles. The maximum absolute atomic E-state index is 11.6. The van der Waals surface area contributed by atoms with Gasteiger partial charge in [0.15, 0.2) is 17.4 Å². The summed E-state index contributed by atoms with van der Waals surface area (Å²) in [6, 6.07) is 1.88. The second-order valence-electron chi connectivity index (χ2n) is 4.46. The minimum absolute atomic E-state index is 0.0463. The lowest BCUT2D eigenvalue weighted by Crippen LogP contribution is -2.31. The van der Waals surface area contributed by atoms with Crippen LogP contribution >= 0.6 is 0 Å². The average molecular weight is 277 g/mol. The monoisotopic (exact) mass is 277 g/mol. The predicted octanol–water partition coefficient (Wildman–Crippen LogP) is -1.35. The highest BCUT2D eigenvalue weighted by Crippen LogP contribution is 2.31. The molecular formula is C11H11N5O4. The highest BCUT2D eigenvalue weighted by atomic mass is 16.6. The lowest BCUT2D eigenvalue weighted by Gasteiger charge is -2.16. The van der Waals surface area contributed by atoms with Crippen LogP contribution in [0, 0.1) is 11.3 Å². The van der Waals surface area contributed by atoms with Crippen LogP contribution < -0.4 is 5.56 Å². The highest BCUT2D eigenvalue weighted by Gasteiger charge is 2.44. The molecule has 0 amide bonds. The number of rotatable bonds is 2. The van der Waals surface area contributed by atoms with Crippen LogP contribution in [0.25, 0.3) is 11.2 Å². The van der Waals surface area contributed by atoms with Crippen molar-refractivity contribution in [2.45, 2.75) is 31.0 Å². The Hall–Kier alpha value is -2.28. The van der Waals surface area contributed by atoms with Gasteiger partial charge < -0.3 is 19.9 Å². The largest absolute Gasteiger partial charge is 0.387 e. The summed E-state index contributed by atoms with van der Waals surface area (Å²) in [6.45, 7) is 0. The van der Waals surface area contributed by atoms with Gasteiger partial charge in [0.05, 0.1) is 25.1 Å². The van der Waals surface area contributed by atoms with Crippen LogP contribution in [0.15, 0.2) is 17.4 Å². The van der Waals surface area contributed by atoms with Crippen molar-refractivity contribution in [3.63, 3.8) is 0 Å². The van der Waals surface area contributed by atoms with E-state index in [9.17, 15) is 15.0 Å². The van der Waals surface area contributed by atoms with Gasteiger partial charge in [0.25, 0.3) is 5.56 Å². The number of ether oxygens (including phenoxy) is 1. The Morgan fingerprint density at radius 3 is 3.00 bits per heavy atom. The molecule has 0 saturated carbocycles. The Balaban J connectivity index is 2.02. The zero-order valence-corrected chi connectivity index (χ0v) is 10.2. The number of hydrogen-bond acceptors (Lipinski definition) is 7. The summed E-state index contributed by atoms with van der Waals surface area (Å²) in [5.41, 5.74) is -0.0560. The van der Waals surface area contributed by atoms with Gasteiger partial charge in [-0.1, -0.05) is 0 Å². The molecular weight excluding hydrogens is 266 g/mol. The van der Waals surface area contributed by atoms with E-state index in [2.05, 4.69) is 15.0 Å². The molecule has 20 heavy (non-hydrogen) atoms. The molecule has 0 aliphatic carbocycles. The average Bonchev–Trinajstić information content (AvgIpc) is 2.97. The highest BCUT2D eigenvalue weighted by molar-refractivity contribution is 5.68. The SMILES string of the molecule is N#CCC1OC(n2cnc3c(=O)[nH]cnc32)C(O)C1O. The van der Waals surface area contributed by atoms with Crippen LogP contribution in [0.5, 0.6) is 0 Å². The minimum atomic E-state index is -1.23. The number of aliphatic hydroxyl groups excluding tert-OH is 2. The first-order valence-corrected chi connectivity index (χ1v) is 5.92. The third-order valence-electron chi connectivity index (χ3n) is 3.27. The molecule has 3 rings (SSSR count). The molecule has 4 unspecified atom stereocenters. The quantitative estimate of drug-likeness (QED) is 0.617. The number of H-pyrrole nitrogens is 1. The van der Waals surface area contributed by atoms with Gasteiger partial charge >= 0.3 is 0 Å². The fourth-order valence-corrected chi connectivity index (χ4v) is 2.27. The number of aromatic amines is 1. The topological polar surface area (TPSA) is 137 Å². The molecule has 104 valence electrons. The fourth-order valence-electron chi connectivity index (χ4n) is 2.27. The van der Waals surface area contributed by atoms with Crippen molar-refractivity contribution in [1.82, 2.24) is 19.5 Å². The Morgan fingerprint density at radius 1 is 1.45 bits per heavy atom. The predicted molar refractivity (Wildman–Crippen MR) is 64.3 cm³/mol. The molecule has 0 spiro atoms. The Morgan fingerprint density at radius 2 is 2.25 bits per heavy atom. The molecule has 0 bridgehead atoms. The maximum Gasteiger partial charge on any atom is 0.278 e. The van der Waals surface area contributed by atoms with E-state index in [1.807, 2.05) is 6.07 Å². The third-order valence-corrected chi connectivity index (χ3v) is 3.27. The maximum atomic E-state index is 11.6. The van der Waals surface area contributed by atoms with Gasteiger partial charge in [-0.25, -0.2) is 9.97 Å². The van der Waals surface area contributed by atoms with Crippen molar-refractivity contribution in [1.29, 1.82) is 5.26 Å². The smallest absolute Gasteiger partial charge is 0.278 e. The Labute approximate surface area is 112 Å². The van der Waals surface area contributed by atoms with E-state index in [0.29, 0.717) is 0 Å². The second kappa shape index (κ2) is 4.68. The summed E-state index contributed by atoms with van der Waals surface area (Å²) in [4.78, 5) is 21.8. The molecule has 0 radical (unpaired) electrons. The number of nitrogens with one attached hydrogen (secondary N) is 1. The Kier molecular flexibility index (Phi) is 2.98. The summed E-state index contributed by atoms with van der Waals surface area (Å²) >= 11 is 0. The van der Waals surface area contributed by atoms with Gasteiger partial charge in [-0.3, -0.25) is 9.36 Å². The van der Waals surface area contributed by atoms with Crippen molar-refractivity contribution in [3.8, 4) is 6.07 Å². The first kappa shape index (κ1) is 12.7. The summed E-state index contributed by atoms with van der Waals surface area (Å²) < 4.78 is 6.84. The Bertz CT molecular complexity index is 732. The zero-order valence-electron chi connectivity index (χ0n) is 10.2. The van der Waals surface area contributed by atoms with E-state index in [1.165, 1.54) is 17.2 Å². The number of hydrogen-bond donors (Lipinski definition) is 3. The van der Waals surface area contributed by atoms with Crippen molar-refractivity contribution in [3.05, 3.63) is 23.0 Å². The van der Waals surface area contributed by atoms with E-state index < -0.39 is 30.1 Å². The molecule has 4 atom stereocenters. The van der Waals surface area contributed by atoms with E-state index >= 15 is 0 Å². The van der Waals surface area contributed by atoms with Crippen molar-refractivity contribution < 1.29 is 14.9 Å². The summed E-state index contributed by atoms with van der Waals surface area (Å²) in [7, 11) is 0. The van der Waals surface area contributed by atoms with E-state index in [4.69, 9.17) is 10.00 Å². The van der Waals surface area contributed by atoms with Gasteiger partial charge in [-0.05, 0) is 0 Å². The number of aliphatic hydroxyl groups is 2. The number of nitrogens with zero attached hydrogens (tertiary/aromatic N) is 4. The molecule has 1 aliphatic rings. The molecule has 9 heteroatoms. The first-order chi connectivity index (χ1) is 9.63. The molecule has 9 nitrogen and oxygen atoms in total. The standard InChI is InChI=1S/C11H11N5O4/c12-2-1-5-7(17)8(18)11(20-5)16-4-15-6-9(16)13-3-14-10(6)19/h3-5,7-8,11,17-18H,1H2,(H,13,14,19). The van der Waals surface area contributed by atoms with Crippen LogP contribution in [0.2, 0.25) is 0 Å². The van der Waals surface area contributed by atoms with Gasteiger partial charge in [0.2, 0.25) is 0 Å². The van der Waals surface area contributed by atoms with E-state index in [-0.39, 0.29) is 17.6 Å². The summed E-state index contributed by atoms with van der Waals surface area (Å²) in [5, 5.41) is 28.5. The van der Waals surface area contributed by atoms with Crippen LogP contribution in [0.1, 0.15) is 12.6 Å². The first-order valence-electron chi connectivity index (χ1n) is 5.92. The number of imidazole rings is 1. The molecule has 1 fully saturated rings. The van der Waals surface area contributed by atoms with Gasteiger partial charge in [-0.2, -0.15) is 5.26 Å². The minimum Gasteiger partial charge on any atom is -0.387 e. The number of aromatic nitrogens is 4. The number of nitriles is 1. The summed E-state index contributed by atoms with van der Waals surface area (Å²) in [6.07, 6.45) is -1.67. The van der Waals surface area contributed by atoms with Crippen molar-refractivity contribution >= 4 is 11.2 Å². The summed E-state index contributed by atoms with van der Waals surface area (Å²) in [5.74, 6) is 0. The van der Waals surface area contributed by atoms with Gasteiger partial charge in [0, 0.05) is 0 Å². The van der Waals surface area contributed by atoms with Crippen LogP contribution in [0.3, 0.4) is 0 Å². The molecule has 1 aliphatic heterocycles. The van der Waals surface area contributed by atoms with Crippen molar-refractivity contribution in [2.75, 3.05) is 0 Å². The molecule has 1 saturated heterocycles. The molecule has 3 heterocycles. The molecule has 3 N–H and O–H groups in total. The zero-order chi connectivity index (χ0) is 14.3. The van der Waals surface area contributed by atoms with Gasteiger partial charge in [-0.15, -0.1) is 0 Å². The third kappa shape index (κ3) is 1.78. The fraction of sp³-hybridized carbons (Fsp3) is 0.455. The van der Waals surface area contributed by atoms with Gasteiger partial charge in [0.1, 0.15) is 18.3 Å². The van der Waals surface area contributed by atoms with E-state index in [1.54, 1.807) is 0 Å². The van der Waals surface area contributed by atoms with Crippen LogP contribution in [-0.2, 0) is 4.74 Å². The lowest BCUT2D eigenvalue weighted by molar-refractivity contribution is -0.0334. The molecule has 2 aromatic heterocycles. The second-order valence-corrected chi connectivity index (χ2v) is 4.46. The van der Waals surface area contributed by atoms with Crippen LogP contribution in [-0.4, -0.2) is 48.0 Å². The van der Waals surface area contributed by atoms with E-state index in [0.717, 1.165) is 0 Å². The van der Waals surface area contributed by atoms with Crippen LogP contribution in [0.4, 0.5) is 0 Å². The molecule has 2 aromatic rings. The van der Waals surface area contributed by atoms with Crippen molar-refractivity contribution in [2.24, 2.45) is 0 Å². The lowest BCUT2D eigenvalue weighted by atomic mass is 10.1. The number of fused-ring (bicyclic) bond motifs is 1. The normalized spacial score (nSPS) is 29.6.